The molecule has 4 fully saturated rings. The summed E-state index contributed by atoms with van der Waals surface area (Å²) in [4.78, 5) is 25.8. The van der Waals surface area contributed by atoms with E-state index in [2.05, 4.69) is 4.98 Å². The molecule has 1 heterocycles. The van der Waals surface area contributed by atoms with Crippen LogP contribution in [0.25, 0.3) is 0 Å². The average Bonchev–Trinajstić information content (AvgIpc) is 2.30. The van der Waals surface area contributed by atoms with Crippen LogP contribution in [0.2, 0.25) is 0 Å². The second kappa shape index (κ2) is 3.74. The summed E-state index contributed by atoms with van der Waals surface area (Å²) in [6, 6.07) is 1.55. The highest BCUT2D eigenvalue weighted by molar-refractivity contribution is 5.28. The van der Waals surface area contributed by atoms with Crippen LogP contribution in [0.5, 0.6) is 0 Å². The molecule has 0 unspecified atom stereocenters. The highest BCUT2D eigenvalue weighted by Gasteiger charge is 2.49. The van der Waals surface area contributed by atoms with Crippen LogP contribution in [0.4, 0.5) is 5.82 Å². The third kappa shape index (κ3) is 1.60. The van der Waals surface area contributed by atoms with Gasteiger partial charge < -0.3 is 5.73 Å². The van der Waals surface area contributed by atoms with Gasteiger partial charge in [-0.15, -0.1) is 0 Å². The number of H-pyrrole nitrogens is 1. The van der Waals surface area contributed by atoms with Gasteiger partial charge in [0.25, 0.3) is 5.56 Å². The molecule has 0 amide bonds. The summed E-state index contributed by atoms with van der Waals surface area (Å²) < 4.78 is 1.66. The minimum Gasteiger partial charge on any atom is -0.385 e. The van der Waals surface area contributed by atoms with Gasteiger partial charge in [-0.1, -0.05) is 0 Å². The number of nitrogens with zero attached hydrogens (tertiary/aromatic N) is 1. The molecule has 4 aliphatic rings. The summed E-state index contributed by atoms with van der Waals surface area (Å²) in [6.45, 7) is 0. The highest BCUT2D eigenvalue weighted by Crippen LogP contribution is 2.58. The maximum absolute atomic E-state index is 12.1. The van der Waals surface area contributed by atoms with Gasteiger partial charge in [-0.2, -0.15) is 0 Å². The molecule has 0 spiro atoms. The number of nitrogens with one attached hydrogen (secondary N) is 1. The monoisotopic (exact) mass is 261 g/mol. The lowest BCUT2D eigenvalue weighted by atomic mass is 9.54. The van der Waals surface area contributed by atoms with Crippen LogP contribution in [0.1, 0.15) is 38.1 Å². The molecule has 4 saturated carbocycles. The Morgan fingerprint density at radius 2 is 1.63 bits per heavy atom. The summed E-state index contributed by atoms with van der Waals surface area (Å²) in [6.07, 6.45) is 6.28. The average molecular weight is 261 g/mol. The van der Waals surface area contributed by atoms with Crippen molar-refractivity contribution in [3.8, 4) is 0 Å². The fraction of sp³-hybridized carbons (Fsp3) is 0.714. The second-order valence-electron chi connectivity index (χ2n) is 6.65. The molecule has 1 aromatic rings. The molecule has 0 saturated heterocycles. The smallest absolute Gasteiger partial charge is 0.330 e. The van der Waals surface area contributed by atoms with E-state index in [9.17, 15) is 9.59 Å². The molecule has 1 aromatic heterocycles. The SMILES string of the molecule is Nc1cc(=O)[nH]c(=O)n1C1C2CC3CC(C2)CC1C3. The van der Waals surface area contributed by atoms with E-state index in [4.69, 9.17) is 5.73 Å². The number of aromatic amines is 1. The van der Waals surface area contributed by atoms with E-state index >= 15 is 0 Å². The third-order valence-electron chi connectivity index (χ3n) is 5.48. The number of aromatic nitrogens is 2. The molecule has 3 N–H and O–H groups in total. The summed E-state index contributed by atoms with van der Waals surface area (Å²) >= 11 is 0. The zero-order valence-corrected chi connectivity index (χ0v) is 10.8. The van der Waals surface area contributed by atoms with E-state index in [1.807, 2.05) is 0 Å². The maximum Gasteiger partial charge on any atom is 0.330 e. The van der Waals surface area contributed by atoms with Crippen LogP contribution in [-0.4, -0.2) is 9.55 Å². The fourth-order valence-electron chi connectivity index (χ4n) is 5.15. The number of rotatable bonds is 1. The highest BCUT2D eigenvalue weighted by atomic mass is 16.2. The first-order chi connectivity index (χ1) is 9.11. The zero-order chi connectivity index (χ0) is 13.1. The zero-order valence-electron chi connectivity index (χ0n) is 10.8. The molecule has 19 heavy (non-hydrogen) atoms. The molecule has 4 bridgehead atoms. The van der Waals surface area contributed by atoms with Gasteiger partial charge in [0, 0.05) is 12.1 Å². The van der Waals surface area contributed by atoms with E-state index in [1.165, 1.54) is 38.2 Å². The first kappa shape index (κ1) is 11.3. The van der Waals surface area contributed by atoms with Crippen molar-refractivity contribution in [2.24, 2.45) is 23.7 Å². The van der Waals surface area contributed by atoms with Crippen molar-refractivity contribution in [3.63, 3.8) is 0 Å². The molecule has 102 valence electrons. The van der Waals surface area contributed by atoms with Gasteiger partial charge in [-0.05, 0) is 55.8 Å². The molecular weight excluding hydrogens is 242 g/mol. The third-order valence-corrected chi connectivity index (χ3v) is 5.48. The normalized spacial score (nSPS) is 39.7. The van der Waals surface area contributed by atoms with Gasteiger partial charge in [0.15, 0.2) is 0 Å². The predicted molar refractivity (Wildman–Crippen MR) is 71.8 cm³/mol. The summed E-state index contributed by atoms with van der Waals surface area (Å²) in [5.74, 6) is 3.19. The molecule has 0 radical (unpaired) electrons. The minimum atomic E-state index is -0.400. The molecule has 5 heteroatoms. The molecular formula is C14H19N3O2. The van der Waals surface area contributed by atoms with Gasteiger partial charge in [0.2, 0.25) is 0 Å². The van der Waals surface area contributed by atoms with Crippen molar-refractivity contribution < 1.29 is 0 Å². The molecule has 5 rings (SSSR count). The summed E-state index contributed by atoms with van der Waals surface area (Å²) in [5, 5.41) is 0. The van der Waals surface area contributed by atoms with Gasteiger partial charge in [-0.3, -0.25) is 14.3 Å². The van der Waals surface area contributed by atoms with Crippen LogP contribution >= 0.6 is 0 Å². The summed E-state index contributed by atoms with van der Waals surface area (Å²) in [5.41, 5.74) is 5.21. The standard InChI is InChI=1S/C14H19N3O2/c15-11-6-12(18)16-14(19)17(11)13-9-2-7-1-8(4-9)5-10(13)3-7/h6-10,13H,1-5,15H2,(H,16,18,19). The van der Waals surface area contributed by atoms with E-state index in [-0.39, 0.29) is 11.7 Å². The van der Waals surface area contributed by atoms with Crippen molar-refractivity contribution in [2.45, 2.75) is 38.1 Å². The Balaban J connectivity index is 1.81. The van der Waals surface area contributed by atoms with Crippen molar-refractivity contribution in [1.82, 2.24) is 9.55 Å². The first-order valence-corrected chi connectivity index (χ1v) is 7.23. The van der Waals surface area contributed by atoms with E-state index in [1.54, 1.807) is 4.57 Å². The van der Waals surface area contributed by atoms with Crippen molar-refractivity contribution in [2.75, 3.05) is 5.73 Å². The lowest BCUT2D eigenvalue weighted by Crippen LogP contribution is -2.49. The minimum absolute atomic E-state index is 0.206. The summed E-state index contributed by atoms with van der Waals surface area (Å²) in [7, 11) is 0. The Labute approximate surface area is 110 Å². The largest absolute Gasteiger partial charge is 0.385 e. The Hall–Kier alpha value is -1.52. The van der Waals surface area contributed by atoms with Crippen LogP contribution in [0, 0.1) is 23.7 Å². The van der Waals surface area contributed by atoms with E-state index in [0.29, 0.717) is 17.7 Å². The molecule has 0 atom stereocenters. The van der Waals surface area contributed by atoms with E-state index in [0.717, 1.165) is 11.8 Å². The molecule has 0 aliphatic heterocycles. The topological polar surface area (TPSA) is 80.9 Å². The molecule has 0 aromatic carbocycles. The van der Waals surface area contributed by atoms with Gasteiger partial charge in [0.1, 0.15) is 5.82 Å². The quantitative estimate of drug-likeness (QED) is 0.794. The molecule has 5 nitrogen and oxygen atoms in total. The van der Waals surface area contributed by atoms with Gasteiger partial charge in [-0.25, -0.2) is 4.79 Å². The van der Waals surface area contributed by atoms with Crippen LogP contribution < -0.4 is 17.0 Å². The van der Waals surface area contributed by atoms with Crippen molar-refractivity contribution in [1.29, 1.82) is 0 Å². The molecule has 4 aliphatic carbocycles. The number of hydrogen-bond donors (Lipinski definition) is 2. The lowest BCUT2D eigenvalue weighted by Gasteiger charge is -2.54. The van der Waals surface area contributed by atoms with Crippen molar-refractivity contribution in [3.05, 3.63) is 26.9 Å². The lowest BCUT2D eigenvalue weighted by molar-refractivity contribution is -0.0300. The van der Waals surface area contributed by atoms with Crippen molar-refractivity contribution >= 4 is 5.82 Å². The number of nitrogens with two attached hydrogens (primary N) is 1. The van der Waals surface area contributed by atoms with Gasteiger partial charge in [0.05, 0.1) is 0 Å². The number of anilines is 1. The number of hydrogen-bond acceptors (Lipinski definition) is 3. The Bertz CT molecular complexity index is 602. The number of nitrogen functional groups attached to an aromatic ring is 1. The first-order valence-electron chi connectivity index (χ1n) is 7.23. The predicted octanol–water partition coefficient (Wildman–Crippen LogP) is 1.12. The Kier molecular flexibility index (Phi) is 2.23. The van der Waals surface area contributed by atoms with Crippen LogP contribution in [-0.2, 0) is 0 Å². The fourth-order valence-corrected chi connectivity index (χ4v) is 5.15. The van der Waals surface area contributed by atoms with Gasteiger partial charge >= 0.3 is 5.69 Å². The van der Waals surface area contributed by atoms with Crippen LogP contribution in [0.15, 0.2) is 15.7 Å². The van der Waals surface area contributed by atoms with E-state index < -0.39 is 5.56 Å². The second-order valence-corrected chi connectivity index (χ2v) is 6.65. The Morgan fingerprint density at radius 1 is 1.05 bits per heavy atom. The maximum atomic E-state index is 12.1. The van der Waals surface area contributed by atoms with Crippen LogP contribution in [0.3, 0.4) is 0 Å². The Morgan fingerprint density at radius 3 is 2.16 bits per heavy atom.